The molecule has 1 heterocycles. The van der Waals surface area contributed by atoms with Crippen LogP contribution in [0.15, 0.2) is 0 Å². The maximum atomic E-state index is 12.3. The molecular formula is C14H26N2O. The molecule has 98 valence electrons. The van der Waals surface area contributed by atoms with Crippen LogP contribution < -0.4 is 5.32 Å². The second-order valence-corrected chi connectivity index (χ2v) is 5.79. The van der Waals surface area contributed by atoms with E-state index < -0.39 is 0 Å². The summed E-state index contributed by atoms with van der Waals surface area (Å²) in [5, 5.41) is 3.38. The second kappa shape index (κ2) is 5.85. The molecule has 1 saturated heterocycles. The molecule has 1 amide bonds. The van der Waals surface area contributed by atoms with Gasteiger partial charge in [0.15, 0.2) is 0 Å². The average Bonchev–Trinajstić information content (AvgIpc) is 2.68. The minimum Gasteiger partial charge on any atom is -0.326 e. The predicted octanol–water partition coefficient (Wildman–Crippen LogP) is 2.51. The maximum Gasteiger partial charge on any atom is 0.241 e. The molecule has 3 nitrogen and oxygen atoms in total. The number of carbonyl (C=O) groups is 1. The van der Waals surface area contributed by atoms with Gasteiger partial charge in [-0.15, -0.1) is 0 Å². The molecule has 0 aromatic carbocycles. The van der Waals surface area contributed by atoms with Gasteiger partial charge in [0.2, 0.25) is 5.91 Å². The molecule has 2 fully saturated rings. The number of hydrogen-bond acceptors (Lipinski definition) is 2. The molecule has 2 rings (SSSR count). The Kier molecular flexibility index (Phi) is 4.43. The van der Waals surface area contributed by atoms with Crippen LogP contribution in [0.1, 0.15) is 58.8 Å². The number of carbonyl (C=O) groups excluding carboxylic acids is 1. The van der Waals surface area contributed by atoms with Crippen LogP contribution in [0, 0.1) is 5.92 Å². The van der Waals surface area contributed by atoms with Crippen LogP contribution in [-0.4, -0.2) is 29.6 Å². The number of amides is 1. The van der Waals surface area contributed by atoms with Gasteiger partial charge >= 0.3 is 0 Å². The van der Waals surface area contributed by atoms with Crippen molar-refractivity contribution < 1.29 is 4.79 Å². The summed E-state index contributed by atoms with van der Waals surface area (Å²) in [7, 11) is 0. The Hall–Kier alpha value is -0.570. The molecule has 1 aliphatic heterocycles. The van der Waals surface area contributed by atoms with Crippen molar-refractivity contribution in [3.8, 4) is 0 Å². The van der Waals surface area contributed by atoms with Crippen molar-refractivity contribution in [1.82, 2.24) is 10.2 Å². The summed E-state index contributed by atoms with van der Waals surface area (Å²) in [6.07, 6.45) is 8.37. The van der Waals surface area contributed by atoms with E-state index in [1.54, 1.807) is 0 Å². The quantitative estimate of drug-likeness (QED) is 0.816. The first-order valence-electron chi connectivity index (χ1n) is 7.26. The van der Waals surface area contributed by atoms with Crippen molar-refractivity contribution in [2.24, 2.45) is 5.92 Å². The van der Waals surface area contributed by atoms with Crippen LogP contribution in [0.3, 0.4) is 0 Å². The van der Waals surface area contributed by atoms with Crippen molar-refractivity contribution >= 4 is 5.91 Å². The summed E-state index contributed by atoms with van der Waals surface area (Å²) < 4.78 is 0. The van der Waals surface area contributed by atoms with Crippen molar-refractivity contribution in [3.63, 3.8) is 0 Å². The van der Waals surface area contributed by atoms with Crippen LogP contribution >= 0.6 is 0 Å². The Morgan fingerprint density at radius 1 is 1.41 bits per heavy atom. The summed E-state index contributed by atoms with van der Waals surface area (Å²) >= 11 is 0. The topological polar surface area (TPSA) is 32.3 Å². The number of nitrogens with zero attached hydrogens (tertiary/aromatic N) is 1. The number of rotatable bonds is 4. The van der Waals surface area contributed by atoms with Gasteiger partial charge in [-0.3, -0.25) is 10.1 Å². The van der Waals surface area contributed by atoms with E-state index in [1.807, 2.05) is 0 Å². The third kappa shape index (κ3) is 3.01. The van der Waals surface area contributed by atoms with Crippen LogP contribution in [0.2, 0.25) is 0 Å². The van der Waals surface area contributed by atoms with Crippen LogP contribution in [0.25, 0.3) is 0 Å². The van der Waals surface area contributed by atoms with E-state index in [0.717, 1.165) is 25.4 Å². The minimum atomic E-state index is 0.104. The van der Waals surface area contributed by atoms with Gasteiger partial charge in [0.25, 0.3) is 0 Å². The first kappa shape index (κ1) is 12.9. The molecule has 0 radical (unpaired) electrons. The van der Waals surface area contributed by atoms with Gasteiger partial charge in [-0.2, -0.15) is 0 Å². The SMILES string of the molecule is CCCCC1NCN(C2CCCC(C)C2)C1=O. The summed E-state index contributed by atoms with van der Waals surface area (Å²) in [6.45, 7) is 5.28. The first-order valence-corrected chi connectivity index (χ1v) is 7.26. The average molecular weight is 238 g/mol. The Balaban J connectivity index is 1.88. The molecule has 1 aliphatic carbocycles. The van der Waals surface area contributed by atoms with Crippen molar-refractivity contribution in [2.45, 2.75) is 70.9 Å². The Bertz CT molecular complexity index is 267. The van der Waals surface area contributed by atoms with Gasteiger partial charge in [0, 0.05) is 6.04 Å². The molecular weight excluding hydrogens is 212 g/mol. The van der Waals surface area contributed by atoms with Gasteiger partial charge in [-0.05, 0) is 25.2 Å². The number of nitrogens with one attached hydrogen (secondary N) is 1. The van der Waals surface area contributed by atoms with Gasteiger partial charge in [0.1, 0.15) is 0 Å². The van der Waals surface area contributed by atoms with E-state index in [1.165, 1.54) is 32.1 Å². The highest BCUT2D eigenvalue weighted by Crippen LogP contribution is 2.29. The molecule has 1 saturated carbocycles. The van der Waals surface area contributed by atoms with Crippen molar-refractivity contribution in [3.05, 3.63) is 0 Å². The van der Waals surface area contributed by atoms with Crippen molar-refractivity contribution in [1.29, 1.82) is 0 Å². The Morgan fingerprint density at radius 3 is 2.94 bits per heavy atom. The fraction of sp³-hybridized carbons (Fsp3) is 0.929. The van der Waals surface area contributed by atoms with E-state index >= 15 is 0 Å². The number of hydrogen-bond donors (Lipinski definition) is 1. The molecule has 3 heteroatoms. The predicted molar refractivity (Wildman–Crippen MR) is 69.6 cm³/mol. The van der Waals surface area contributed by atoms with E-state index in [0.29, 0.717) is 11.9 Å². The molecule has 1 N–H and O–H groups in total. The minimum absolute atomic E-state index is 0.104. The largest absolute Gasteiger partial charge is 0.326 e. The van der Waals surface area contributed by atoms with E-state index in [2.05, 4.69) is 24.1 Å². The maximum absolute atomic E-state index is 12.3. The zero-order chi connectivity index (χ0) is 12.3. The lowest BCUT2D eigenvalue weighted by molar-refractivity contribution is -0.131. The molecule has 0 bridgehead atoms. The van der Waals surface area contributed by atoms with Gasteiger partial charge in [-0.1, -0.05) is 39.5 Å². The molecule has 0 aromatic heterocycles. The first-order chi connectivity index (χ1) is 8.22. The number of unbranched alkanes of at least 4 members (excludes halogenated alkanes) is 1. The highest BCUT2D eigenvalue weighted by molar-refractivity contribution is 5.84. The fourth-order valence-corrected chi connectivity index (χ4v) is 3.20. The second-order valence-electron chi connectivity index (χ2n) is 5.79. The summed E-state index contributed by atoms with van der Waals surface area (Å²) in [6, 6.07) is 0.609. The fourth-order valence-electron chi connectivity index (χ4n) is 3.20. The third-order valence-electron chi connectivity index (χ3n) is 4.29. The lowest BCUT2D eigenvalue weighted by atomic mass is 9.86. The zero-order valence-corrected chi connectivity index (χ0v) is 11.2. The molecule has 0 aromatic rings. The Labute approximate surface area is 105 Å². The van der Waals surface area contributed by atoms with E-state index in [4.69, 9.17) is 0 Å². The van der Waals surface area contributed by atoms with Gasteiger partial charge in [-0.25, -0.2) is 0 Å². The molecule has 17 heavy (non-hydrogen) atoms. The summed E-state index contributed by atoms with van der Waals surface area (Å²) in [4.78, 5) is 14.4. The standard InChI is InChI=1S/C14H26N2O/c1-3-4-8-13-14(17)16(10-15-13)12-7-5-6-11(2)9-12/h11-13,15H,3-10H2,1-2H3. The third-order valence-corrected chi connectivity index (χ3v) is 4.29. The molecule has 2 aliphatic rings. The molecule has 3 atom stereocenters. The van der Waals surface area contributed by atoms with Crippen molar-refractivity contribution in [2.75, 3.05) is 6.67 Å². The van der Waals surface area contributed by atoms with Gasteiger partial charge < -0.3 is 4.90 Å². The summed E-state index contributed by atoms with van der Waals surface area (Å²) in [5.74, 6) is 1.15. The van der Waals surface area contributed by atoms with Crippen LogP contribution in [0.4, 0.5) is 0 Å². The Morgan fingerprint density at radius 2 is 2.24 bits per heavy atom. The lowest BCUT2D eigenvalue weighted by Gasteiger charge is -2.33. The zero-order valence-electron chi connectivity index (χ0n) is 11.2. The van der Waals surface area contributed by atoms with Crippen LogP contribution in [-0.2, 0) is 4.79 Å². The smallest absolute Gasteiger partial charge is 0.241 e. The van der Waals surface area contributed by atoms with E-state index in [9.17, 15) is 4.79 Å². The molecule has 0 spiro atoms. The highest BCUT2D eigenvalue weighted by Gasteiger charge is 2.36. The highest BCUT2D eigenvalue weighted by atomic mass is 16.2. The monoisotopic (exact) mass is 238 g/mol. The lowest BCUT2D eigenvalue weighted by Crippen LogP contribution is -2.41. The van der Waals surface area contributed by atoms with Crippen LogP contribution in [0.5, 0.6) is 0 Å². The summed E-state index contributed by atoms with van der Waals surface area (Å²) in [5.41, 5.74) is 0. The molecule has 3 unspecified atom stereocenters. The van der Waals surface area contributed by atoms with Gasteiger partial charge in [0.05, 0.1) is 12.7 Å². The normalized spacial score (nSPS) is 34.4. The van der Waals surface area contributed by atoms with E-state index in [-0.39, 0.29) is 6.04 Å².